The van der Waals surface area contributed by atoms with Crippen molar-refractivity contribution in [3.8, 4) is 0 Å². The summed E-state index contributed by atoms with van der Waals surface area (Å²) >= 11 is 0. The van der Waals surface area contributed by atoms with Gasteiger partial charge in [-0.25, -0.2) is 8.42 Å². The van der Waals surface area contributed by atoms with Crippen molar-refractivity contribution in [3.05, 3.63) is 11.4 Å². The van der Waals surface area contributed by atoms with Crippen LogP contribution in [0.5, 0.6) is 0 Å². The minimum absolute atomic E-state index is 0.127. The molecule has 0 aromatic carbocycles. The molecule has 118 valence electrons. The van der Waals surface area contributed by atoms with Gasteiger partial charge in [-0.05, 0) is 19.8 Å². The summed E-state index contributed by atoms with van der Waals surface area (Å²) in [5.74, 6) is -0.324. The summed E-state index contributed by atoms with van der Waals surface area (Å²) in [4.78, 5) is 11.9. The van der Waals surface area contributed by atoms with Crippen LogP contribution in [0.4, 0.5) is 0 Å². The molecular weight excluding hydrogens is 318 g/mol. The molecular formula is C12H18ClN3O4S. The highest BCUT2D eigenvalue weighted by Crippen LogP contribution is 2.24. The van der Waals surface area contributed by atoms with Crippen molar-refractivity contribution in [3.63, 3.8) is 0 Å². The molecule has 1 saturated heterocycles. The monoisotopic (exact) mass is 335 g/mol. The molecule has 2 heterocycles. The van der Waals surface area contributed by atoms with Gasteiger partial charge in [0.15, 0.2) is 5.69 Å². The van der Waals surface area contributed by atoms with Gasteiger partial charge in [-0.3, -0.25) is 9.89 Å². The molecule has 1 amide bonds. The summed E-state index contributed by atoms with van der Waals surface area (Å²) < 4.78 is 28.6. The van der Waals surface area contributed by atoms with Gasteiger partial charge in [-0.2, -0.15) is 5.10 Å². The number of halogens is 1. The van der Waals surface area contributed by atoms with E-state index in [4.69, 9.17) is 15.4 Å². The highest BCUT2D eigenvalue weighted by molar-refractivity contribution is 8.13. The lowest BCUT2D eigenvalue weighted by Gasteiger charge is -2.16. The molecule has 0 radical (unpaired) electrons. The summed E-state index contributed by atoms with van der Waals surface area (Å²) in [5, 5.41) is 8.91. The third kappa shape index (κ3) is 3.56. The van der Waals surface area contributed by atoms with E-state index in [1.165, 1.54) is 6.92 Å². The zero-order valence-corrected chi connectivity index (χ0v) is 13.4. The van der Waals surface area contributed by atoms with E-state index >= 15 is 0 Å². The molecule has 21 heavy (non-hydrogen) atoms. The Morgan fingerprint density at radius 3 is 2.90 bits per heavy atom. The normalized spacial score (nSPS) is 22.4. The van der Waals surface area contributed by atoms with Gasteiger partial charge in [0.1, 0.15) is 4.90 Å². The van der Waals surface area contributed by atoms with Crippen molar-refractivity contribution in [2.75, 3.05) is 13.2 Å². The van der Waals surface area contributed by atoms with Crippen LogP contribution in [0.1, 0.15) is 35.9 Å². The van der Waals surface area contributed by atoms with Crippen LogP contribution in [0.25, 0.3) is 0 Å². The van der Waals surface area contributed by atoms with Crippen LogP contribution >= 0.6 is 10.7 Å². The van der Waals surface area contributed by atoms with Crippen LogP contribution < -0.4 is 5.32 Å². The second-order valence-corrected chi connectivity index (χ2v) is 7.54. The Balaban J connectivity index is 2.08. The number of carbonyl (C=O) groups is 1. The van der Waals surface area contributed by atoms with Gasteiger partial charge in [0.25, 0.3) is 15.0 Å². The number of amides is 1. The van der Waals surface area contributed by atoms with Crippen molar-refractivity contribution in [1.82, 2.24) is 15.5 Å². The average molecular weight is 336 g/mol. The molecule has 1 fully saturated rings. The first-order valence-electron chi connectivity index (χ1n) is 6.74. The summed E-state index contributed by atoms with van der Waals surface area (Å²) in [7, 11) is 1.31. The van der Waals surface area contributed by atoms with Gasteiger partial charge < -0.3 is 10.1 Å². The summed E-state index contributed by atoms with van der Waals surface area (Å²) in [6, 6.07) is 0. The predicted molar refractivity (Wildman–Crippen MR) is 76.8 cm³/mol. The van der Waals surface area contributed by atoms with E-state index in [1.807, 2.05) is 6.92 Å². The maximum atomic E-state index is 12.1. The Hall–Kier alpha value is -1.12. The largest absolute Gasteiger partial charge is 0.378 e. The Labute approximate surface area is 127 Å². The molecule has 0 saturated carbocycles. The van der Waals surface area contributed by atoms with Crippen LogP contribution in [0, 0.1) is 12.8 Å². The molecule has 2 unspecified atom stereocenters. The van der Waals surface area contributed by atoms with E-state index in [2.05, 4.69) is 15.5 Å². The smallest absolute Gasteiger partial charge is 0.273 e. The standard InChI is InChI=1S/C12H18ClN3O4S/c1-3-9-8(4-5-20-9)6-14-12(17)10-11(21(13,18)19)7(2)15-16-10/h8-9H,3-6H2,1-2H3,(H,14,17)(H,15,16). The van der Waals surface area contributed by atoms with Crippen molar-refractivity contribution in [2.24, 2.45) is 5.92 Å². The first-order chi connectivity index (χ1) is 9.84. The fourth-order valence-corrected chi connectivity index (χ4v) is 3.90. The Kier molecular flexibility index (Phi) is 4.90. The molecule has 0 aliphatic carbocycles. The predicted octanol–water partition coefficient (Wildman–Crippen LogP) is 1.19. The first kappa shape index (κ1) is 16.3. The van der Waals surface area contributed by atoms with Crippen molar-refractivity contribution in [2.45, 2.75) is 37.7 Å². The Bertz CT molecular complexity index is 628. The molecule has 2 atom stereocenters. The fraction of sp³-hybridized carbons (Fsp3) is 0.667. The van der Waals surface area contributed by atoms with Crippen molar-refractivity contribution < 1.29 is 17.9 Å². The van der Waals surface area contributed by atoms with E-state index < -0.39 is 15.0 Å². The second kappa shape index (κ2) is 6.33. The zero-order chi connectivity index (χ0) is 15.6. The first-order valence-corrected chi connectivity index (χ1v) is 9.05. The quantitative estimate of drug-likeness (QED) is 0.787. The number of nitrogens with zero attached hydrogens (tertiary/aromatic N) is 1. The fourth-order valence-electron chi connectivity index (χ4n) is 2.56. The SMILES string of the molecule is CCC1OCCC1CNC(=O)c1n[nH]c(C)c1S(=O)(=O)Cl. The highest BCUT2D eigenvalue weighted by atomic mass is 35.7. The van der Waals surface area contributed by atoms with E-state index in [1.54, 1.807) is 0 Å². The van der Waals surface area contributed by atoms with Crippen LogP contribution in [0.15, 0.2) is 4.90 Å². The number of carbonyl (C=O) groups excluding carboxylic acids is 1. The van der Waals surface area contributed by atoms with Gasteiger partial charge in [0.05, 0.1) is 11.8 Å². The molecule has 1 aromatic heterocycles. The lowest BCUT2D eigenvalue weighted by atomic mass is 10.00. The zero-order valence-electron chi connectivity index (χ0n) is 11.8. The molecule has 7 nitrogen and oxygen atoms in total. The lowest BCUT2D eigenvalue weighted by Crippen LogP contribution is -2.33. The third-order valence-electron chi connectivity index (χ3n) is 3.62. The van der Waals surface area contributed by atoms with Crippen LogP contribution in [-0.2, 0) is 13.8 Å². The summed E-state index contributed by atoms with van der Waals surface area (Å²) in [5.41, 5.74) is 0.0419. The minimum Gasteiger partial charge on any atom is -0.378 e. The topological polar surface area (TPSA) is 101 Å². The number of aromatic nitrogens is 2. The molecule has 1 aromatic rings. The number of aryl methyl sites for hydroxylation is 1. The average Bonchev–Trinajstić information content (AvgIpc) is 3.00. The Morgan fingerprint density at radius 1 is 1.57 bits per heavy atom. The second-order valence-electron chi connectivity index (χ2n) is 5.04. The van der Waals surface area contributed by atoms with Gasteiger partial charge in [-0.1, -0.05) is 6.92 Å². The maximum Gasteiger partial charge on any atom is 0.273 e. The van der Waals surface area contributed by atoms with Crippen LogP contribution in [0.2, 0.25) is 0 Å². The molecule has 0 spiro atoms. The van der Waals surface area contributed by atoms with E-state index in [9.17, 15) is 13.2 Å². The number of aromatic amines is 1. The van der Waals surface area contributed by atoms with Crippen LogP contribution in [-0.4, -0.2) is 43.8 Å². The van der Waals surface area contributed by atoms with Gasteiger partial charge >= 0.3 is 0 Å². The number of nitrogens with one attached hydrogen (secondary N) is 2. The van der Waals surface area contributed by atoms with Crippen LogP contribution in [0.3, 0.4) is 0 Å². The van der Waals surface area contributed by atoms with Gasteiger partial charge in [-0.15, -0.1) is 0 Å². The molecule has 1 aliphatic rings. The van der Waals surface area contributed by atoms with Gasteiger partial charge in [0, 0.05) is 29.8 Å². The van der Waals surface area contributed by atoms with Crippen molar-refractivity contribution in [1.29, 1.82) is 0 Å². The number of rotatable bonds is 5. The van der Waals surface area contributed by atoms with E-state index in [-0.39, 0.29) is 28.3 Å². The van der Waals surface area contributed by atoms with E-state index in [0.717, 1.165) is 12.8 Å². The highest BCUT2D eigenvalue weighted by Gasteiger charge is 2.30. The lowest BCUT2D eigenvalue weighted by molar-refractivity contribution is 0.0823. The number of hydrogen-bond acceptors (Lipinski definition) is 5. The number of H-pyrrole nitrogens is 1. The van der Waals surface area contributed by atoms with Crippen molar-refractivity contribution >= 4 is 25.6 Å². The third-order valence-corrected chi connectivity index (χ3v) is 5.07. The minimum atomic E-state index is -4.03. The van der Waals surface area contributed by atoms with Gasteiger partial charge in [0.2, 0.25) is 0 Å². The Morgan fingerprint density at radius 2 is 2.29 bits per heavy atom. The molecule has 0 bridgehead atoms. The number of ether oxygens (including phenoxy) is 1. The maximum absolute atomic E-state index is 12.1. The molecule has 1 aliphatic heterocycles. The summed E-state index contributed by atoms with van der Waals surface area (Å²) in [6.07, 6.45) is 1.88. The molecule has 2 N–H and O–H groups in total. The van der Waals surface area contributed by atoms with E-state index in [0.29, 0.717) is 13.2 Å². The number of hydrogen-bond donors (Lipinski definition) is 2. The summed E-state index contributed by atoms with van der Waals surface area (Å²) in [6.45, 7) is 4.63. The molecule has 2 rings (SSSR count). The molecule has 9 heteroatoms.